The summed E-state index contributed by atoms with van der Waals surface area (Å²) in [6.45, 7) is 1.23. The van der Waals surface area contributed by atoms with Crippen LogP contribution in [0.25, 0.3) is 10.9 Å². The van der Waals surface area contributed by atoms with Gasteiger partial charge in [0.2, 0.25) is 11.8 Å². The number of hydrogen-bond acceptors (Lipinski definition) is 7. The topological polar surface area (TPSA) is 171 Å². The number of carbonyl (C=O) groups excluding carboxylic acids is 2. The molecule has 4 atom stereocenters. The summed E-state index contributed by atoms with van der Waals surface area (Å²) in [5.74, 6) is -2.55. The van der Waals surface area contributed by atoms with E-state index in [1.54, 1.807) is 60.9 Å². The molecule has 1 heterocycles. The Hall–Kier alpha value is -3.90. The molecule has 0 saturated heterocycles. The van der Waals surface area contributed by atoms with E-state index in [1.807, 2.05) is 0 Å². The third-order valence-corrected chi connectivity index (χ3v) is 6.66. The van der Waals surface area contributed by atoms with E-state index < -0.39 is 53.3 Å². The molecule has 3 aromatic rings. The SMILES string of the molecule is CSCCC(NC(=O)C(Cc1ccccc1)n1c(=O)[nH]c2ccccc2c1=O)C(=O)NC(C(=O)O)C(C)O. The third-order valence-electron chi connectivity index (χ3n) is 6.01. The van der Waals surface area contributed by atoms with Crippen molar-refractivity contribution in [1.82, 2.24) is 20.2 Å². The van der Waals surface area contributed by atoms with E-state index in [1.165, 1.54) is 18.7 Å². The van der Waals surface area contributed by atoms with Gasteiger partial charge in [-0.2, -0.15) is 11.8 Å². The van der Waals surface area contributed by atoms with Crippen LogP contribution >= 0.6 is 11.8 Å². The number of aromatic amines is 1. The maximum Gasteiger partial charge on any atom is 0.329 e. The summed E-state index contributed by atoms with van der Waals surface area (Å²) in [4.78, 5) is 67.1. The van der Waals surface area contributed by atoms with Crippen LogP contribution in [-0.2, 0) is 20.8 Å². The number of carbonyl (C=O) groups is 3. The minimum Gasteiger partial charge on any atom is -0.480 e. The number of nitrogens with zero attached hydrogens (tertiary/aromatic N) is 1. The number of aliphatic hydroxyl groups is 1. The van der Waals surface area contributed by atoms with Gasteiger partial charge in [0, 0.05) is 6.42 Å². The number of carboxylic acids is 1. The molecule has 0 aliphatic carbocycles. The summed E-state index contributed by atoms with van der Waals surface area (Å²) >= 11 is 1.41. The van der Waals surface area contributed by atoms with E-state index in [4.69, 9.17) is 0 Å². The average molecular weight is 543 g/mol. The van der Waals surface area contributed by atoms with Crippen LogP contribution < -0.4 is 21.9 Å². The van der Waals surface area contributed by atoms with E-state index in [0.29, 0.717) is 16.8 Å². The number of rotatable bonds is 12. The van der Waals surface area contributed by atoms with Crippen LogP contribution in [-0.4, -0.2) is 67.7 Å². The number of thioether (sulfide) groups is 1. The molecular formula is C26H30N4O7S. The van der Waals surface area contributed by atoms with Gasteiger partial charge >= 0.3 is 11.7 Å². The standard InChI is InChI=1S/C26H30N4O7S/c1-15(31)21(25(35)36)29-22(32)19(12-13-38-2)27-23(33)20(14-16-8-4-3-5-9-16)30-24(34)17-10-6-7-11-18(17)28-26(30)37/h3-11,15,19-21,31H,12-14H2,1-2H3,(H,27,33)(H,28,37)(H,29,32)(H,35,36). The largest absolute Gasteiger partial charge is 0.480 e. The maximum atomic E-state index is 13.6. The zero-order chi connectivity index (χ0) is 27.8. The lowest BCUT2D eigenvalue weighted by molar-refractivity contribution is -0.145. The number of nitrogens with one attached hydrogen (secondary N) is 3. The van der Waals surface area contributed by atoms with Crippen LogP contribution in [0.2, 0.25) is 0 Å². The molecular weight excluding hydrogens is 512 g/mol. The van der Waals surface area contributed by atoms with Crippen molar-refractivity contribution in [3.8, 4) is 0 Å². The highest BCUT2D eigenvalue weighted by Crippen LogP contribution is 2.15. The molecule has 0 aliphatic heterocycles. The number of hydrogen-bond donors (Lipinski definition) is 5. The van der Waals surface area contributed by atoms with Crippen molar-refractivity contribution >= 4 is 40.4 Å². The molecule has 11 nitrogen and oxygen atoms in total. The van der Waals surface area contributed by atoms with Gasteiger partial charge in [0.15, 0.2) is 6.04 Å². The Morgan fingerprint density at radius 2 is 1.66 bits per heavy atom. The highest BCUT2D eigenvalue weighted by atomic mass is 32.2. The molecule has 0 radical (unpaired) electrons. The first-order chi connectivity index (χ1) is 18.1. The van der Waals surface area contributed by atoms with Gasteiger partial charge in [-0.3, -0.25) is 14.4 Å². The summed E-state index contributed by atoms with van der Waals surface area (Å²) in [6.07, 6.45) is 0.551. The van der Waals surface area contributed by atoms with E-state index in [9.17, 15) is 34.2 Å². The second-order valence-corrected chi connectivity index (χ2v) is 9.75. The Kier molecular flexibility index (Phi) is 9.85. The predicted octanol–water partition coefficient (Wildman–Crippen LogP) is 0.662. The van der Waals surface area contributed by atoms with Crippen molar-refractivity contribution < 1.29 is 24.6 Å². The number of benzene rings is 2. The van der Waals surface area contributed by atoms with Gasteiger partial charge in [-0.15, -0.1) is 0 Å². The van der Waals surface area contributed by atoms with E-state index in [-0.39, 0.29) is 18.2 Å². The fourth-order valence-electron chi connectivity index (χ4n) is 4.01. The second kappa shape index (κ2) is 13.1. The lowest BCUT2D eigenvalue weighted by Crippen LogP contribution is -2.56. The highest BCUT2D eigenvalue weighted by molar-refractivity contribution is 7.98. The lowest BCUT2D eigenvalue weighted by Gasteiger charge is -2.25. The monoisotopic (exact) mass is 542 g/mol. The van der Waals surface area contributed by atoms with Gasteiger partial charge in [-0.05, 0) is 43.0 Å². The third kappa shape index (κ3) is 6.90. The molecule has 202 valence electrons. The molecule has 3 rings (SSSR count). The molecule has 38 heavy (non-hydrogen) atoms. The van der Waals surface area contributed by atoms with E-state index in [0.717, 1.165) is 4.57 Å². The van der Waals surface area contributed by atoms with E-state index in [2.05, 4.69) is 15.6 Å². The Bertz CT molecular complexity index is 1400. The Balaban J connectivity index is 2.01. The van der Waals surface area contributed by atoms with Crippen LogP contribution in [0, 0.1) is 0 Å². The normalized spacial score (nSPS) is 14.3. The van der Waals surface area contributed by atoms with Gasteiger partial charge in [-0.1, -0.05) is 42.5 Å². The average Bonchev–Trinajstić information content (AvgIpc) is 2.89. The number of para-hydroxylation sites is 1. The zero-order valence-electron chi connectivity index (χ0n) is 20.9. The highest BCUT2D eigenvalue weighted by Gasteiger charge is 2.32. The number of carboxylic acid groups (broad SMARTS) is 1. The van der Waals surface area contributed by atoms with Crippen molar-refractivity contribution in [3.63, 3.8) is 0 Å². The van der Waals surface area contributed by atoms with Gasteiger partial charge in [0.1, 0.15) is 12.1 Å². The van der Waals surface area contributed by atoms with Crippen molar-refractivity contribution in [2.24, 2.45) is 0 Å². The van der Waals surface area contributed by atoms with Crippen LogP contribution in [0.5, 0.6) is 0 Å². The maximum absolute atomic E-state index is 13.6. The van der Waals surface area contributed by atoms with Gasteiger partial charge in [-0.25, -0.2) is 14.2 Å². The molecule has 5 N–H and O–H groups in total. The quantitative estimate of drug-likeness (QED) is 0.222. The molecule has 0 saturated carbocycles. The molecule has 0 aliphatic rings. The number of aromatic nitrogens is 2. The second-order valence-electron chi connectivity index (χ2n) is 8.76. The molecule has 0 spiro atoms. The molecule has 2 amide bonds. The first-order valence-electron chi connectivity index (χ1n) is 11.9. The van der Waals surface area contributed by atoms with Crippen LogP contribution in [0.3, 0.4) is 0 Å². The van der Waals surface area contributed by atoms with Crippen molar-refractivity contribution in [2.45, 2.75) is 44.0 Å². The molecule has 4 unspecified atom stereocenters. The molecule has 12 heteroatoms. The van der Waals surface area contributed by atoms with Gasteiger partial charge in [0.25, 0.3) is 5.56 Å². The Labute approximate surface area is 222 Å². The van der Waals surface area contributed by atoms with Crippen LogP contribution in [0.4, 0.5) is 0 Å². The summed E-state index contributed by atoms with van der Waals surface area (Å²) < 4.78 is 0.837. The van der Waals surface area contributed by atoms with Crippen LogP contribution in [0.15, 0.2) is 64.2 Å². The number of amides is 2. The van der Waals surface area contributed by atoms with Crippen molar-refractivity contribution in [3.05, 3.63) is 81.0 Å². The Morgan fingerprint density at radius 1 is 1.00 bits per heavy atom. The Morgan fingerprint density at radius 3 is 2.29 bits per heavy atom. The van der Waals surface area contributed by atoms with E-state index >= 15 is 0 Å². The van der Waals surface area contributed by atoms with Crippen molar-refractivity contribution in [1.29, 1.82) is 0 Å². The number of aliphatic hydroxyl groups excluding tert-OH is 1. The molecule has 0 bridgehead atoms. The van der Waals surface area contributed by atoms with Gasteiger partial charge < -0.3 is 25.8 Å². The lowest BCUT2D eigenvalue weighted by atomic mass is 10.0. The zero-order valence-corrected chi connectivity index (χ0v) is 21.7. The summed E-state index contributed by atoms with van der Waals surface area (Å²) in [5, 5.41) is 24.2. The fraction of sp³-hybridized carbons (Fsp3) is 0.346. The summed E-state index contributed by atoms with van der Waals surface area (Å²) in [6, 6.07) is 11.2. The fourth-order valence-corrected chi connectivity index (χ4v) is 4.48. The molecule has 0 fully saturated rings. The van der Waals surface area contributed by atoms with Crippen LogP contribution in [0.1, 0.15) is 24.9 Å². The van der Waals surface area contributed by atoms with Crippen molar-refractivity contribution in [2.75, 3.05) is 12.0 Å². The summed E-state index contributed by atoms with van der Waals surface area (Å²) in [5.41, 5.74) is -0.439. The number of H-pyrrole nitrogens is 1. The number of fused-ring (bicyclic) bond motifs is 1. The first-order valence-corrected chi connectivity index (χ1v) is 13.3. The first kappa shape index (κ1) is 28.7. The minimum atomic E-state index is -1.58. The molecule has 1 aromatic heterocycles. The molecule has 2 aromatic carbocycles. The summed E-state index contributed by atoms with van der Waals surface area (Å²) in [7, 11) is 0. The predicted molar refractivity (Wildman–Crippen MR) is 144 cm³/mol. The van der Waals surface area contributed by atoms with Gasteiger partial charge in [0.05, 0.1) is 17.0 Å². The smallest absolute Gasteiger partial charge is 0.329 e. The number of aliphatic carboxylic acids is 1. The minimum absolute atomic E-state index is 0.0176.